The average molecular weight is 420 g/mol. The summed E-state index contributed by atoms with van der Waals surface area (Å²) in [5.41, 5.74) is 0.888. The Kier molecular flexibility index (Phi) is 4.48. The number of likely N-dealkylation sites (tertiary alicyclic amines) is 1. The van der Waals surface area contributed by atoms with E-state index in [0.717, 1.165) is 4.88 Å². The third kappa shape index (κ3) is 3.02. The lowest BCUT2D eigenvalue weighted by Crippen LogP contribution is -2.29. The second kappa shape index (κ2) is 7.31. The van der Waals surface area contributed by atoms with Crippen molar-refractivity contribution in [2.75, 3.05) is 6.79 Å². The van der Waals surface area contributed by atoms with Crippen molar-refractivity contribution >= 4 is 28.8 Å². The number of ether oxygens (including phenoxy) is 2. The molecule has 8 heteroatoms. The number of hydrogen-bond donors (Lipinski definition) is 1. The van der Waals surface area contributed by atoms with Crippen LogP contribution in [0.25, 0.3) is 5.76 Å². The number of ketones is 1. The van der Waals surface area contributed by atoms with Gasteiger partial charge in [-0.05, 0) is 41.8 Å². The summed E-state index contributed by atoms with van der Waals surface area (Å²) in [6.45, 7) is 0.347. The van der Waals surface area contributed by atoms with Crippen LogP contribution in [-0.4, -0.2) is 33.5 Å². The molecule has 1 N–H and O–H groups in total. The second-order valence-electron chi connectivity index (χ2n) is 6.83. The number of hydrogen-bond acceptors (Lipinski definition) is 7. The molecule has 1 fully saturated rings. The summed E-state index contributed by atoms with van der Waals surface area (Å²) in [7, 11) is 0. The highest BCUT2D eigenvalue weighted by Gasteiger charge is 2.46. The van der Waals surface area contributed by atoms with Gasteiger partial charge in [0.25, 0.3) is 11.7 Å². The fraction of sp³-hybridized carbons (Fsp3) is 0.136. The van der Waals surface area contributed by atoms with E-state index < -0.39 is 17.7 Å². The molecule has 0 aliphatic carbocycles. The molecule has 30 heavy (non-hydrogen) atoms. The van der Waals surface area contributed by atoms with E-state index >= 15 is 0 Å². The Morgan fingerprint density at radius 1 is 1.13 bits per heavy atom. The van der Waals surface area contributed by atoms with Crippen molar-refractivity contribution < 1.29 is 24.2 Å². The zero-order chi connectivity index (χ0) is 20.7. The van der Waals surface area contributed by atoms with Gasteiger partial charge in [-0.15, -0.1) is 11.3 Å². The van der Waals surface area contributed by atoms with Gasteiger partial charge in [0, 0.05) is 16.6 Å². The largest absolute Gasteiger partial charge is 0.507 e. The third-order valence-electron chi connectivity index (χ3n) is 5.06. The van der Waals surface area contributed by atoms with Crippen molar-refractivity contribution in [3.8, 4) is 11.5 Å². The number of pyridine rings is 1. The van der Waals surface area contributed by atoms with Crippen molar-refractivity contribution in [1.29, 1.82) is 0 Å². The highest BCUT2D eigenvalue weighted by Crippen LogP contribution is 2.41. The van der Waals surface area contributed by atoms with E-state index in [4.69, 9.17) is 9.47 Å². The lowest BCUT2D eigenvalue weighted by molar-refractivity contribution is -0.140. The van der Waals surface area contributed by atoms with Gasteiger partial charge in [-0.25, -0.2) is 0 Å². The highest BCUT2D eigenvalue weighted by atomic mass is 32.1. The van der Waals surface area contributed by atoms with Gasteiger partial charge in [0.1, 0.15) is 11.8 Å². The van der Waals surface area contributed by atoms with Crippen LogP contribution in [0.2, 0.25) is 0 Å². The molecule has 0 spiro atoms. The quantitative estimate of drug-likeness (QED) is 0.395. The number of Topliss-reactive ketones (excluding diaryl/α,β-unsaturated/α-hetero) is 1. The fourth-order valence-corrected chi connectivity index (χ4v) is 4.36. The van der Waals surface area contributed by atoms with E-state index in [1.165, 1.54) is 16.2 Å². The van der Waals surface area contributed by atoms with Crippen molar-refractivity contribution in [3.63, 3.8) is 0 Å². The minimum absolute atomic E-state index is 0.00845. The summed E-state index contributed by atoms with van der Waals surface area (Å²) in [4.78, 5) is 32.6. The minimum atomic E-state index is -0.793. The molecule has 3 aromatic rings. The Morgan fingerprint density at radius 2 is 2.00 bits per heavy atom. The second-order valence-corrected chi connectivity index (χ2v) is 7.86. The van der Waals surface area contributed by atoms with Gasteiger partial charge in [0.2, 0.25) is 6.79 Å². The molecule has 1 atom stereocenters. The zero-order valence-corrected chi connectivity index (χ0v) is 16.5. The highest BCUT2D eigenvalue weighted by molar-refractivity contribution is 7.09. The molecule has 1 unspecified atom stereocenters. The maximum absolute atomic E-state index is 13.0. The van der Waals surface area contributed by atoms with Gasteiger partial charge in [0.05, 0.1) is 17.8 Å². The van der Waals surface area contributed by atoms with Gasteiger partial charge >= 0.3 is 0 Å². The lowest BCUT2D eigenvalue weighted by atomic mass is 9.98. The molecule has 0 bridgehead atoms. The molecule has 2 aliphatic heterocycles. The number of benzene rings is 1. The Balaban J connectivity index is 1.64. The Bertz CT molecular complexity index is 1160. The maximum Gasteiger partial charge on any atom is 0.296 e. The molecule has 0 radical (unpaired) electrons. The fourth-order valence-electron chi connectivity index (χ4n) is 3.66. The molecule has 2 aromatic heterocycles. The Hall–Kier alpha value is -3.65. The Morgan fingerprint density at radius 3 is 2.77 bits per heavy atom. The molecule has 2 aliphatic rings. The number of carbonyl (C=O) groups excluding carboxylic acids is 2. The predicted molar refractivity (Wildman–Crippen MR) is 109 cm³/mol. The van der Waals surface area contributed by atoms with Crippen LogP contribution in [0.5, 0.6) is 11.5 Å². The summed E-state index contributed by atoms with van der Waals surface area (Å²) in [6, 6.07) is 13.2. The van der Waals surface area contributed by atoms with E-state index in [1.54, 1.807) is 42.6 Å². The van der Waals surface area contributed by atoms with Gasteiger partial charge in [-0.3, -0.25) is 14.6 Å². The number of aromatic nitrogens is 1. The Labute approximate surface area is 175 Å². The van der Waals surface area contributed by atoms with Crippen LogP contribution in [0.3, 0.4) is 0 Å². The van der Waals surface area contributed by atoms with Crippen LogP contribution in [0.4, 0.5) is 0 Å². The van der Waals surface area contributed by atoms with Gasteiger partial charge in [-0.1, -0.05) is 12.1 Å². The van der Waals surface area contributed by atoms with E-state index in [1.807, 2.05) is 17.5 Å². The first-order chi connectivity index (χ1) is 14.6. The summed E-state index contributed by atoms with van der Waals surface area (Å²) < 4.78 is 10.7. The van der Waals surface area contributed by atoms with Gasteiger partial charge in [0.15, 0.2) is 11.5 Å². The number of thiophene rings is 1. The monoisotopic (exact) mass is 420 g/mol. The first-order valence-corrected chi connectivity index (χ1v) is 10.1. The molecular weight excluding hydrogens is 404 g/mol. The van der Waals surface area contributed by atoms with Crippen LogP contribution in [0, 0.1) is 0 Å². The smallest absolute Gasteiger partial charge is 0.296 e. The summed E-state index contributed by atoms with van der Waals surface area (Å²) in [5, 5.41) is 13.0. The molecule has 150 valence electrons. The van der Waals surface area contributed by atoms with E-state index in [0.29, 0.717) is 22.8 Å². The first kappa shape index (κ1) is 18.4. The van der Waals surface area contributed by atoms with Gasteiger partial charge in [-0.2, -0.15) is 0 Å². The normalized spacial score (nSPS) is 19.5. The number of fused-ring (bicyclic) bond motifs is 1. The van der Waals surface area contributed by atoms with Crippen LogP contribution >= 0.6 is 11.3 Å². The summed E-state index contributed by atoms with van der Waals surface area (Å²) in [6.07, 6.45) is 1.60. The molecule has 1 amide bonds. The third-order valence-corrected chi connectivity index (χ3v) is 5.92. The molecular formula is C22H16N2O5S. The van der Waals surface area contributed by atoms with Crippen LogP contribution in [0.15, 0.2) is 65.7 Å². The number of aliphatic hydroxyl groups is 1. The average Bonchev–Trinajstić information content (AvgIpc) is 3.50. The van der Waals surface area contributed by atoms with Crippen LogP contribution in [0.1, 0.15) is 22.2 Å². The van der Waals surface area contributed by atoms with Crippen LogP contribution in [-0.2, 0) is 16.1 Å². The van der Waals surface area contributed by atoms with E-state index in [9.17, 15) is 14.7 Å². The van der Waals surface area contributed by atoms with Crippen molar-refractivity contribution in [2.24, 2.45) is 0 Å². The van der Waals surface area contributed by atoms with E-state index in [-0.39, 0.29) is 24.7 Å². The predicted octanol–water partition coefficient (Wildman–Crippen LogP) is 3.49. The number of carbonyl (C=O) groups is 2. The van der Waals surface area contributed by atoms with Crippen molar-refractivity contribution in [3.05, 3.63) is 81.8 Å². The van der Waals surface area contributed by atoms with Crippen molar-refractivity contribution in [2.45, 2.75) is 12.6 Å². The summed E-state index contributed by atoms with van der Waals surface area (Å²) in [5.74, 6) is -0.637. The number of amides is 1. The molecule has 5 rings (SSSR count). The standard InChI is InChI=1S/C22H16N2O5S/c25-20(13-6-7-16-17(10-13)29-12-28-16)18-19(15-5-1-2-8-23-15)24(22(27)21(18)26)11-14-4-3-9-30-14/h1-10,19,25H,11-12H2/b20-18-. The molecule has 7 nitrogen and oxygen atoms in total. The number of aliphatic hydroxyl groups excluding tert-OH is 1. The van der Waals surface area contributed by atoms with Crippen molar-refractivity contribution in [1.82, 2.24) is 9.88 Å². The molecule has 0 saturated carbocycles. The first-order valence-electron chi connectivity index (χ1n) is 9.25. The van der Waals surface area contributed by atoms with E-state index in [2.05, 4.69) is 4.98 Å². The maximum atomic E-state index is 13.0. The SMILES string of the molecule is O=C1C(=O)N(Cc2cccs2)C(c2ccccn2)/C1=C(/O)c1ccc2c(c1)OCO2. The van der Waals surface area contributed by atoms with Gasteiger partial charge < -0.3 is 19.5 Å². The molecule has 4 heterocycles. The number of rotatable bonds is 4. The molecule has 1 aromatic carbocycles. The lowest BCUT2D eigenvalue weighted by Gasteiger charge is -2.24. The zero-order valence-electron chi connectivity index (χ0n) is 15.6. The minimum Gasteiger partial charge on any atom is -0.507 e. The topological polar surface area (TPSA) is 89.0 Å². The summed E-state index contributed by atoms with van der Waals surface area (Å²) >= 11 is 1.50. The number of nitrogens with zero attached hydrogens (tertiary/aromatic N) is 2. The van der Waals surface area contributed by atoms with Crippen LogP contribution < -0.4 is 9.47 Å². The molecule has 1 saturated heterocycles.